The average molecular weight is 234 g/mol. The first-order valence-electron chi connectivity index (χ1n) is 6.18. The lowest BCUT2D eigenvalue weighted by Crippen LogP contribution is -2.07. The smallest absolute Gasteiger partial charge is 0.160 e. The lowest BCUT2D eigenvalue weighted by atomic mass is 9.90. The third-order valence-electron chi connectivity index (χ3n) is 3.32. The molecule has 3 rings (SSSR count). The van der Waals surface area contributed by atoms with Crippen LogP contribution in [-0.4, -0.2) is 5.78 Å². The summed E-state index contributed by atoms with van der Waals surface area (Å²) >= 11 is 0. The average Bonchev–Trinajstić information content (AvgIpc) is 2.40. The molecular weight excluding hydrogens is 220 g/mol. The number of hydrogen-bond acceptors (Lipinski definition) is 1. The maximum atomic E-state index is 11.4. The highest BCUT2D eigenvalue weighted by molar-refractivity contribution is 5.98. The van der Waals surface area contributed by atoms with Crippen molar-refractivity contribution in [3.8, 4) is 0 Å². The fourth-order valence-corrected chi connectivity index (χ4v) is 2.43. The molecule has 0 unspecified atom stereocenters. The molecule has 18 heavy (non-hydrogen) atoms. The Morgan fingerprint density at radius 3 is 2.56 bits per heavy atom. The first-order valence-corrected chi connectivity index (χ1v) is 6.18. The van der Waals surface area contributed by atoms with E-state index < -0.39 is 0 Å². The summed E-state index contributed by atoms with van der Waals surface area (Å²) in [5.74, 6) is 0.194. The predicted molar refractivity (Wildman–Crippen MR) is 73.4 cm³/mol. The van der Waals surface area contributed by atoms with Crippen molar-refractivity contribution in [3.63, 3.8) is 0 Å². The molecule has 0 fully saturated rings. The lowest BCUT2D eigenvalue weighted by Gasteiger charge is -2.14. The molecule has 0 radical (unpaired) electrons. The van der Waals surface area contributed by atoms with Crippen LogP contribution in [0.1, 0.15) is 22.3 Å². The van der Waals surface area contributed by atoms with Crippen LogP contribution >= 0.6 is 0 Å². The molecule has 0 bridgehead atoms. The largest absolute Gasteiger partial charge is 0.294 e. The predicted octanol–water partition coefficient (Wildman–Crippen LogP) is 3.42. The second-order valence-electron chi connectivity index (χ2n) is 4.63. The Morgan fingerprint density at radius 1 is 0.889 bits per heavy atom. The Bertz CT molecular complexity index is 609. The van der Waals surface area contributed by atoms with Crippen LogP contribution in [0.2, 0.25) is 0 Å². The Labute approximate surface area is 107 Å². The zero-order valence-corrected chi connectivity index (χ0v) is 10.1. The lowest BCUT2D eigenvalue weighted by molar-refractivity contribution is -0.114. The summed E-state index contributed by atoms with van der Waals surface area (Å²) in [4.78, 5) is 11.4. The molecule has 88 valence electrons. The van der Waals surface area contributed by atoms with Gasteiger partial charge in [0.1, 0.15) is 0 Å². The van der Waals surface area contributed by atoms with Crippen molar-refractivity contribution in [3.05, 3.63) is 76.9 Å². The summed E-state index contributed by atoms with van der Waals surface area (Å²) in [5, 5.41) is 0. The molecule has 1 aliphatic rings. The number of rotatable bonds is 2. The zero-order chi connectivity index (χ0) is 12.4. The van der Waals surface area contributed by atoms with E-state index in [1.165, 1.54) is 16.7 Å². The van der Waals surface area contributed by atoms with Gasteiger partial charge in [0.2, 0.25) is 0 Å². The van der Waals surface area contributed by atoms with Gasteiger partial charge in [-0.15, -0.1) is 0 Å². The molecule has 0 spiro atoms. The van der Waals surface area contributed by atoms with Crippen molar-refractivity contribution in [2.24, 2.45) is 0 Å². The Balaban J connectivity index is 1.98. The van der Waals surface area contributed by atoms with Crippen molar-refractivity contribution in [2.75, 3.05) is 0 Å². The zero-order valence-electron chi connectivity index (χ0n) is 10.1. The van der Waals surface area contributed by atoms with E-state index in [9.17, 15) is 4.79 Å². The fraction of sp³-hybridized carbons (Fsp3) is 0.118. The van der Waals surface area contributed by atoms with Crippen LogP contribution in [0.3, 0.4) is 0 Å². The molecule has 1 aliphatic carbocycles. The number of fused-ring (bicyclic) bond motifs is 1. The number of hydrogen-bond donors (Lipinski definition) is 0. The van der Waals surface area contributed by atoms with Gasteiger partial charge in [0.05, 0.1) is 0 Å². The van der Waals surface area contributed by atoms with Crippen LogP contribution in [0.25, 0.3) is 6.08 Å². The maximum Gasteiger partial charge on any atom is 0.160 e. The minimum Gasteiger partial charge on any atom is -0.294 e. The standard InChI is InChI=1S/C17H14O/c18-16-9-10-17-14(7-4-8-15(17)12-16)11-13-5-2-1-3-6-13/h1-10H,11-12H2. The first-order chi connectivity index (χ1) is 8.83. The van der Waals surface area contributed by atoms with Gasteiger partial charge in [0.25, 0.3) is 0 Å². The summed E-state index contributed by atoms with van der Waals surface area (Å²) in [5.41, 5.74) is 4.97. The summed E-state index contributed by atoms with van der Waals surface area (Å²) in [6.45, 7) is 0. The van der Waals surface area contributed by atoms with Gasteiger partial charge < -0.3 is 0 Å². The van der Waals surface area contributed by atoms with Crippen LogP contribution in [-0.2, 0) is 17.6 Å². The highest BCUT2D eigenvalue weighted by atomic mass is 16.1. The number of allylic oxidation sites excluding steroid dienone is 1. The molecule has 0 N–H and O–H groups in total. The third-order valence-corrected chi connectivity index (χ3v) is 3.32. The molecule has 0 saturated heterocycles. The monoisotopic (exact) mass is 234 g/mol. The molecule has 0 amide bonds. The van der Waals surface area contributed by atoms with E-state index in [4.69, 9.17) is 0 Å². The van der Waals surface area contributed by atoms with E-state index in [0.717, 1.165) is 12.0 Å². The highest BCUT2D eigenvalue weighted by Crippen LogP contribution is 2.23. The molecule has 0 aromatic heterocycles. The van der Waals surface area contributed by atoms with E-state index in [-0.39, 0.29) is 5.78 Å². The van der Waals surface area contributed by atoms with Crippen LogP contribution < -0.4 is 0 Å². The Morgan fingerprint density at radius 2 is 1.72 bits per heavy atom. The maximum absolute atomic E-state index is 11.4. The molecule has 2 aromatic carbocycles. The van der Waals surface area contributed by atoms with Gasteiger partial charge in [-0.2, -0.15) is 0 Å². The second kappa shape index (κ2) is 4.61. The van der Waals surface area contributed by atoms with Crippen molar-refractivity contribution >= 4 is 11.9 Å². The number of benzene rings is 2. The summed E-state index contributed by atoms with van der Waals surface area (Å²) in [6, 6.07) is 16.7. The number of ketones is 1. The summed E-state index contributed by atoms with van der Waals surface area (Å²) in [6.07, 6.45) is 5.10. The summed E-state index contributed by atoms with van der Waals surface area (Å²) < 4.78 is 0. The molecular formula is C17H14O. The highest BCUT2D eigenvalue weighted by Gasteiger charge is 2.13. The second-order valence-corrected chi connectivity index (χ2v) is 4.63. The van der Waals surface area contributed by atoms with Crippen molar-refractivity contribution in [1.29, 1.82) is 0 Å². The van der Waals surface area contributed by atoms with Gasteiger partial charge in [-0.3, -0.25) is 4.79 Å². The minimum atomic E-state index is 0.194. The van der Waals surface area contributed by atoms with Crippen molar-refractivity contribution in [1.82, 2.24) is 0 Å². The third kappa shape index (κ3) is 2.12. The molecule has 0 heterocycles. The van der Waals surface area contributed by atoms with Gasteiger partial charge in [-0.1, -0.05) is 54.6 Å². The molecule has 1 nitrogen and oxygen atoms in total. The van der Waals surface area contributed by atoms with Gasteiger partial charge in [-0.05, 0) is 34.8 Å². The van der Waals surface area contributed by atoms with Gasteiger partial charge in [0.15, 0.2) is 5.78 Å². The fourth-order valence-electron chi connectivity index (χ4n) is 2.43. The van der Waals surface area contributed by atoms with Crippen LogP contribution in [0.5, 0.6) is 0 Å². The van der Waals surface area contributed by atoms with Crippen molar-refractivity contribution < 1.29 is 4.79 Å². The number of carbonyl (C=O) groups is 1. The van der Waals surface area contributed by atoms with Gasteiger partial charge in [0, 0.05) is 6.42 Å². The van der Waals surface area contributed by atoms with Crippen LogP contribution in [0.15, 0.2) is 54.6 Å². The van der Waals surface area contributed by atoms with Gasteiger partial charge >= 0.3 is 0 Å². The molecule has 0 saturated carbocycles. The molecule has 1 heteroatoms. The molecule has 2 aromatic rings. The minimum absolute atomic E-state index is 0.194. The van der Waals surface area contributed by atoms with E-state index in [2.05, 4.69) is 30.3 Å². The van der Waals surface area contributed by atoms with Crippen LogP contribution in [0, 0.1) is 0 Å². The topological polar surface area (TPSA) is 17.1 Å². The van der Waals surface area contributed by atoms with Crippen molar-refractivity contribution in [2.45, 2.75) is 12.8 Å². The van der Waals surface area contributed by atoms with E-state index in [1.807, 2.05) is 24.3 Å². The first kappa shape index (κ1) is 11.0. The summed E-state index contributed by atoms with van der Waals surface area (Å²) in [7, 11) is 0. The van der Waals surface area contributed by atoms with E-state index >= 15 is 0 Å². The Hall–Kier alpha value is -2.15. The van der Waals surface area contributed by atoms with Gasteiger partial charge in [-0.25, -0.2) is 0 Å². The van der Waals surface area contributed by atoms with Crippen LogP contribution in [0.4, 0.5) is 0 Å². The number of carbonyl (C=O) groups excluding carboxylic acids is 1. The molecule has 0 aliphatic heterocycles. The SMILES string of the molecule is O=C1C=Cc2c(cccc2Cc2ccccc2)C1. The molecule has 0 atom stereocenters. The Kier molecular flexibility index (Phi) is 2.81. The van der Waals surface area contributed by atoms with E-state index in [1.54, 1.807) is 6.08 Å². The van der Waals surface area contributed by atoms with E-state index in [0.29, 0.717) is 6.42 Å². The quantitative estimate of drug-likeness (QED) is 0.778. The normalized spacial score (nSPS) is 13.4.